The van der Waals surface area contributed by atoms with Crippen LogP contribution in [0.15, 0.2) is 58.7 Å². The lowest BCUT2D eigenvalue weighted by Gasteiger charge is -2.12. The lowest BCUT2D eigenvalue weighted by molar-refractivity contribution is 0.944. The zero-order chi connectivity index (χ0) is 18.1. The second kappa shape index (κ2) is 6.86. The van der Waals surface area contributed by atoms with E-state index in [1.165, 1.54) is 0 Å². The fraction of sp³-hybridized carbons (Fsp3) is 0.0500. The van der Waals surface area contributed by atoms with Gasteiger partial charge in [-0.25, -0.2) is 9.97 Å². The van der Waals surface area contributed by atoms with Crippen LogP contribution in [0.5, 0.6) is 0 Å². The van der Waals surface area contributed by atoms with Crippen LogP contribution in [0.3, 0.4) is 0 Å². The number of para-hydroxylation sites is 2. The number of benzene rings is 2. The Morgan fingerprint density at radius 3 is 2.58 bits per heavy atom. The van der Waals surface area contributed by atoms with Crippen LogP contribution in [-0.2, 0) is 0 Å². The minimum atomic E-state index is -0.155. The summed E-state index contributed by atoms with van der Waals surface area (Å²) in [4.78, 5) is 22.2. The van der Waals surface area contributed by atoms with Crippen molar-refractivity contribution in [3.8, 4) is 5.69 Å². The predicted octanol–water partition coefficient (Wildman–Crippen LogP) is 4.97. The molecule has 2 aromatic heterocycles. The zero-order valence-electron chi connectivity index (χ0n) is 13.9. The maximum atomic E-state index is 13.1. The molecule has 0 amide bonds. The van der Waals surface area contributed by atoms with E-state index < -0.39 is 0 Å². The summed E-state index contributed by atoms with van der Waals surface area (Å²) in [5.41, 5.74) is 1.93. The first kappa shape index (κ1) is 16.7. The molecule has 0 saturated heterocycles. The number of rotatable bonds is 3. The highest BCUT2D eigenvalue weighted by atomic mass is 35.5. The fourth-order valence-corrected chi connectivity index (χ4v) is 3.55. The summed E-state index contributed by atoms with van der Waals surface area (Å²) in [6.45, 7) is 1.95. The Balaban J connectivity index is 1.98. The maximum Gasteiger partial charge on any atom is 0.266 e. The molecule has 0 atom stereocenters. The van der Waals surface area contributed by atoms with Gasteiger partial charge in [0.25, 0.3) is 5.56 Å². The van der Waals surface area contributed by atoms with Gasteiger partial charge in [-0.2, -0.15) is 0 Å². The van der Waals surface area contributed by atoms with Gasteiger partial charge in [-0.15, -0.1) is 11.3 Å². The molecular weight excluding hydrogens is 366 g/mol. The van der Waals surface area contributed by atoms with Crippen molar-refractivity contribution in [1.82, 2.24) is 14.5 Å². The number of halogens is 1. The van der Waals surface area contributed by atoms with E-state index in [-0.39, 0.29) is 5.56 Å². The van der Waals surface area contributed by atoms with Crippen molar-refractivity contribution >= 4 is 46.0 Å². The van der Waals surface area contributed by atoms with Gasteiger partial charge in [0, 0.05) is 5.38 Å². The van der Waals surface area contributed by atoms with Gasteiger partial charge >= 0.3 is 0 Å². The first-order valence-electron chi connectivity index (χ1n) is 8.00. The molecule has 0 aliphatic carbocycles. The molecule has 0 aliphatic heterocycles. The van der Waals surface area contributed by atoms with Crippen LogP contribution in [0.4, 0.5) is 0 Å². The van der Waals surface area contributed by atoms with Gasteiger partial charge in [0.05, 0.1) is 32.3 Å². The molecular formula is C20H14ClN3OS. The maximum absolute atomic E-state index is 13.1. The summed E-state index contributed by atoms with van der Waals surface area (Å²) in [5.74, 6) is 0.507. The largest absolute Gasteiger partial charge is 0.268 e. The summed E-state index contributed by atoms with van der Waals surface area (Å²) in [6, 6.07) is 14.6. The van der Waals surface area contributed by atoms with Crippen molar-refractivity contribution in [2.45, 2.75) is 6.92 Å². The summed E-state index contributed by atoms with van der Waals surface area (Å²) in [6.07, 6.45) is 3.65. The number of nitrogens with zero attached hydrogens (tertiary/aromatic N) is 3. The van der Waals surface area contributed by atoms with Crippen molar-refractivity contribution < 1.29 is 0 Å². The highest BCUT2D eigenvalue weighted by Crippen LogP contribution is 2.22. The minimum absolute atomic E-state index is 0.155. The topological polar surface area (TPSA) is 47.8 Å². The van der Waals surface area contributed by atoms with Gasteiger partial charge in [-0.1, -0.05) is 35.9 Å². The summed E-state index contributed by atoms with van der Waals surface area (Å²) in [5, 5.41) is 3.99. The normalized spacial score (nSPS) is 11.5. The fourth-order valence-electron chi connectivity index (χ4n) is 2.74. The number of aromatic nitrogens is 3. The van der Waals surface area contributed by atoms with E-state index in [0.29, 0.717) is 27.4 Å². The van der Waals surface area contributed by atoms with Crippen molar-refractivity contribution in [2.75, 3.05) is 0 Å². The second-order valence-electron chi connectivity index (χ2n) is 5.70. The van der Waals surface area contributed by atoms with Crippen LogP contribution in [-0.4, -0.2) is 14.5 Å². The van der Waals surface area contributed by atoms with Gasteiger partial charge < -0.3 is 0 Å². The highest BCUT2D eigenvalue weighted by molar-refractivity contribution is 7.09. The van der Waals surface area contributed by atoms with E-state index >= 15 is 0 Å². The Hall–Kier alpha value is -2.76. The Morgan fingerprint density at radius 2 is 1.81 bits per heavy atom. The van der Waals surface area contributed by atoms with Crippen LogP contribution in [0.2, 0.25) is 5.02 Å². The third-order valence-corrected chi connectivity index (χ3v) is 5.05. The van der Waals surface area contributed by atoms with Crippen molar-refractivity contribution in [2.24, 2.45) is 0 Å². The minimum Gasteiger partial charge on any atom is -0.268 e. The van der Waals surface area contributed by atoms with E-state index in [9.17, 15) is 4.79 Å². The van der Waals surface area contributed by atoms with Crippen molar-refractivity contribution in [1.29, 1.82) is 0 Å². The highest BCUT2D eigenvalue weighted by Gasteiger charge is 2.13. The van der Waals surface area contributed by atoms with Gasteiger partial charge in [-0.3, -0.25) is 9.36 Å². The van der Waals surface area contributed by atoms with Gasteiger partial charge in [0.15, 0.2) is 0 Å². The predicted molar refractivity (Wildman–Crippen MR) is 108 cm³/mol. The smallest absolute Gasteiger partial charge is 0.266 e. The Morgan fingerprint density at radius 1 is 1.04 bits per heavy atom. The summed E-state index contributed by atoms with van der Waals surface area (Å²) in [7, 11) is 0. The molecule has 4 aromatic rings. The van der Waals surface area contributed by atoms with Crippen LogP contribution in [0, 0.1) is 6.92 Å². The SMILES string of the molecule is Cc1nc(/C=C/c2nc3ccccc3c(=O)n2-c2ccccc2Cl)cs1. The molecule has 2 heterocycles. The lowest BCUT2D eigenvalue weighted by Crippen LogP contribution is -2.22. The van der Waals surface area contributed by atoms with Crippen LogP contribution < -0.4 is 5.56 Å². The molecule has 128 valence electrons. The molecule has 6 heteroatoms. The first-order chi connectivity index (χ1) is 12.6. The quantitative estimate of drug-likeness (QED) is 0.504. The molecule has 4 rings (SSSR count). The van der Waals surface area contributed by atoms with Crippen LogP contribution in [0.1, 0.15) is 16.5 Å². The molecule has 2 aromatic carbocycles. The summed E-state index contributed by atoms with van der Waals surface area (Å²) < 4.78 is 1.54. The Labute approximate surface area is 159 Å². The van der Waals surface area contributed by atoms with Gasteiger partial charge in [0.2, 0.25) is 0 Å². The molecule has 26 heavy (non-hydrogen) atoms. The van der Waals surface area contributed by atoms with E-state index in [1.807, 2.05) is 54.8 Å². The number of hydrogen-bond acceptors (Lipinski definition) is 4. The third kappa shape index (κ3) is 3.07. The molecule has 0 saturated carbocycles. The number of thiazole rings is 1. The second-order valence-corrected chi connectivity index (χ2v) is 7.17. The zero-order valence-corrected chi connectivity index (χ0v) is 15.5. The molecule has 0 aliphatic rings. The van der Waals surface area contributed by atoms with E-state index in [1.54, 1.807) is 34.1 Å². The first-order valence-corrected chi connectivity index (χ1v) is 9.26. The average molecular weight is 380 g/mol. The van der Waals surface area contributed by atoms with E-state index in [0.717, 1.165) is 10.7 Å². The van der Waals surface area contributed by atoms with Crippen LogP contribution >= 0.6 is 22.9 Å². The Bertz CT molecular complexity index is 1190. The monoisotopic (exact) mass is 379 g/mol. The van der Waals surface area contributed by atoms with E-state index in [4.69, 9.17) is 11.6 Å². The molecule has 0 unspecified atom stereocenters. The molecule has 4 nitrogen and oxygen atoms in total. The lowest BCUT2D eigenvalue weighted by atomic mass is 10.2. The van der Waals surface area contributed by atoms with E-state index in [2.05, 4.69) is 9.97 Å². The van der Waals surface area contributed by atoms with Crippen LogP contribution in [0.25, 0.3) is 28.7 Å². The van der Waals surface area contributed by atoms with Crippen molar-refractivity contribution in [3.05, 3.63) is 85.8 Å². The average Bonchev–Trinajstić information content (AvgIpc) is 3.06. The van der Waals surface area contributed by atoms with Gasteiger partial charge in [0.1, 0.15) is 5.82 Å². The standard InChI is InChI=1S/C20H14ClN3OS/c1-13-22-14(12-26-13)10-11-19-23-17-8-4-2-6-15(17)20(25)24(19)18-9-5-3-7-16(18)21/h2-12H,1H3/b11-10+. The molecule has 0 spiro atoms. The van der Waals surface area contributed by atoms with Crippen molar-refractivity contribution in [3.63, 3.8) is 0 Å². The summed E-state index contributed by atoms with van der Waals surface area (Å²) >= 11 is 7.93. The molecule has 0 N–H and O–H groups in total. The molecule has 0 bridgehead atoms. The molecule has 0 fully saturated rings. The van der Waals surface area contributed by atoms with Gasteiger partial charge in [-0.05, 0) is 43.3 Å². The molecule has 0 radical (unpaired) electrons. The number of fused-ring (bicyclic) bond motifs is 1. The number of aryl methyl sites for hydroxylation is 1. The Kier molecular flexibility index (Phi) is 4.41. The third-order valence-electron chi connectivity index (χ3n) is 3.93. The number of hydrogen-bond donors (Lipinski definition) is 0.